The third kappa shape index (κ3) is 4.33. The van der Waals surface area contributed by atoms with Gasteiger partial charge in [-0.3, -0.25) is 25.3 Å². The monoisotopic (exact) mass is 292 g/mol. The van der Waals surface area contributed by atoms with Gasteiger partial charge in [-0.05, 0) is 24.1 Å². The topological polar surface area (TPSA) is 109 Å². The van der Waals surface area contributed by atoms with Crippen molar-refractivity contribution in [1.82, 2.24) is 15.2 Å². The number of carboxylic acid groups (broad SMARTS) is 1. The van der Waals surface area contributed by atoms with Gasteiger partial charge in [0, 0.05) is 32.2 Å². The zero-order valence-corrected chi connectivity index (χ0v) is 11.3. The Hall–Kier alpha value is -2.32. The lowest BCUT2D eigenvalue weighted by molar-refractivity contribution is -0.431. The van der Waals surface area contributed by atoms with Crippen molar-refractivity contribution in [2.75, 3.05) is 13.2 Å². The summed E-state index contributed by atoms with van der Waals surface area (Å²) in [5, 5.41) is 22.6. The van der Waals surface area contributed by atoms with Crippen LogP contribution in [-0.2, 0) is 11.3 Å². The number of aliphatic carboxylic acids is 1. The Morgan fingerprint density at radius 3 is 2.81 bits per heavy atom. The summed E-state index contributed by atoms with van der Waals surface area (Å²) >= 11 is 0. The summed E-state index contributed by atoms with van der Waals surface area (Å²) < 4.78 is 0. The van der Waals surface area contributed by atoms with E-state index in [2.05, 4.69) is 15.2 Å². The third-order valence-electron chi connectivity index (χ3n) is 3.29. The summed E-state index contributed by atoms with van der Waals surface area (Å²) in [7, 11) is 0. The van der Waals surface area contributed by atoms with Gasteiger partial charge >= 0.3 is 5.97 Å². The Morgan fingerprint density at radius 1 is 1.57 bits per heavy atom. The Balaban J connectivity index is 1.93. The van der Waals surface area contributed by atoms with E-state index < -0.39 is 16.9 Å². The van der Waals surface area contributed by atoms with Crippen LogP contribution in [0.25, 0.3) is 0 Å². The van der Waals surface area contributed by atoms with Crippen molar-refractivity contribution in [1.29, 1.82) is 0 Å². The van der Waals surface area contributed by atoms with Crippen LogP contribution in [0.5, 0.6) is 0 Å². The minimum absolute atomic E-state index is 0.300. The van der Waals surface area contributed by atoms with Gasteiger partial charge in [-0.2, -0.15) is 0 Å². The number of carbonyl (C=O) groups is 1. The first-order valence-electron chi connectivity index (χ1n) is 6.50. The maximum atomic E-state index is 10.9. The van der Waals surface area contributed by atoms with Gasteiger partial charge < -0.3 is 5.11 Å². The minimum Gasteiger partial charge on any atom is -0.478 e. The zero-order chi connectivity index (χ0) is 15.2. The fraction of sp³-hybridized carbons (Fsp3) is 0.385. The summed E-state index contributed by atoms with van der Waals surface area (Å²) in [6, 6.07) is 3.29. The van der Waals surface area contributed by atoms with Gasteiger partial charge in [-0.25, -0.2) is 4.79 Å². The van der Waals surface area contributed by atoms with E-state index in [1.807, 2.05) is 12.1 Å². The van der Waals surface area contributed by atoms with E-state index >= 15 is 0 Å². The fourth-order valence-electron chi connectivity index (χ4n) is 2.27. The molecule has 1 unspecified atom stereocenters. The summed E-state index contributed by atoms with van der Waals surface area (Å²) in [4.78, 5) is 27.0. The van der Waals surface area contributed by atoms with Crippen LogP contribution in [0, 0.1) is 10.1 Å². The Bertz CT molecular complexity index is 538. The molecule has 0 spiro atoms. The molecule has 1 fully saturated rings. The van der Waals surface area contributed by atoms with Crippen molar-refractivity contribution in [3.63, 3.8) is 0 Å². The summed E-state index contributed by atoms with van der Waals surface area (Å²) in [5.74, 6) is -1.30. The molecule has 1 aliphatic rings. The first-order valence-corrected chi connectivity index (χ1v) is 6.50. The van der Waals surface area contributed by atoms with Crippen LogP contribution in [-0.4, -0.2) is 45.1 Å². The van der Waals surface area contributed by atoms with Crippen LogP contribution >= 0.6 is 0 Å². The van der Waals surface area contributed by atoms with Crippen LogP contribution in [0.15, 0.2) is 36.3 Å². The molecule has 0 bridgehead atoms. The maximum Gasteiger partial charge on any atom is 0.334 e. The van der Waals surface area contributed by atoms with Gasteiger partial charge in [0.15, 0.2) is 0 Å². The van der Waals surface area contributed by atoms with Crippen LogP contribution in [0.1, 0.15) is 12.0 Å². The second-order valence-electron chi connectivity index (χ2n) is 4.78. The van der Waals surface area contributed by atoms with Crippen LogP contribution in [0.4, 0.5) is 0 Å². The number of carboxylic acids is 1. The van der Waals surface area contributed by atoms with E-state index in [0.29, 0.717) is 25.7 Å². The van der Waals surface area contributed by atoms with Gasteiger partial charge in [-0.1, -0.05) is 0 Å². The quantitative estimate of drug-likeness (QED) is 0.460. The molecule has 0 aliphatic carbocycles. The highest BCUT2D eigenvalue weighted by atomic mass is 16.6. The van der Waals surface area contributed by atoms with Crippen molar-refractivity contribution in [3.8, 4) is 0 Å². The molecule has 1 atom stereocenters. The predicted octanol–water partition coefficient (Wildman–Crippen LogP) is 0.448. The number of rotatable bonds is 5. The number of nitrogens with one attached hydrogen (secondary N) is 1. The second-order valence-corrected chi connectivity index (χ2v) is 4.78. The zero-order valence-electron chi connectivity index (χ0n) is 11.3. The number of pyridine rings is 1. The van der Waals surface area contributed by atoms with Gasteiger partial charge in [0.2, 0.25) is 0 Å². The number of aromatic nitrogens is 1. The third-order valence-corrected chi connectivity index (χ3v) is 3.29. The molecular weight excluding hydrogens is 276 g/mol. The number of hydrogen-bond acceptors (Lipinski definition) is 6. The first-order chi connectivity index (χ1) is 10.1. The Morgan fingerprint density at radius 2 is 2.29 bits per heavy atom. The van der Waals surface area contributed by atoms with Gasteiger partial charge in [-0.15, -0.1) is 0 Å². The molecule has 2 N–H and O–H groups in total. The van der Waals surface area contributed by atoms with E-state index in [1.54, 1.807) is 12.4 Å². The number of hydrogen-bond donors (Lipinski definition) is 2. The van der Waals surface area contributed by atoms with E-state index in [9.17, 15) is 14.9 Å². The summed E-state index contributed by atoms with van der Waals surface area (Å²) in [5.41, 5.74) is 0.812. The van der Waals surface area contributed by atoms with Gasteiger partial charge in [0.25, 0.3) is 5.70 Å². The molecule has 1 aromatic heterocycles. The molecule has 1 saturated heterocycles. The lowest BCUT2D eigenvalue weighted by Crippen LogP contribution is -2.49. The molecule has 2 rings (SSSR count). The van der Waals surface area contributed by atoms with Gasteiger partial charge in [0.05, 0.1) is 11.0 Å². The van der Waals surface area contributed by atoms with Crippen molar-refractivity contribution in [2.24, 2.45) is 0 Å². The Labute approximate surface area is 121 Å². The molecule has 21 heavy (non-hydrogen) atoms. The molecule has 0 aromatic carbocycles. The fourth-order valence-corrected chi connectivity index (χ4v) is 2.27. The molecule has 0 amide bonds. The average molecular weight is 292 g/mol. The predicted molar refractivity (Wildman–Crippen MR) is 73.8 cm³/mol. The maximum absolute atomic E-state index is 10.9. The van der Waals surface area contributed by atoms with E-state index in [0.717, 1.165) is 12.1 Å². The lowest BCUT2D eigenvalue weighted by atomic mass is 10.1. The molecule has 1 aliphatic heterocycles. The van der Waals surface area contributed by atoms with E-state index in [-0.39, 0.29) is 5.70 Å². The van der Waals surface area contributed by atoms with Crippen molar-refractivity contribution in [3.05, 3.63) is 52.0 Å². The molecule has 8 heteroatoms. The normalized spacial score (nSPS) is 20.2. The van der Waals surface area contributed by atoms with Crippen LogP contribution in [0.2, 0.25) is 0 Å². The second kappa shape index (κ2) is 6.91. The highest BCUT2D eigenvalue weighted by molar-refractivity contribution is 5.80. The van der Waals surface area contributed by atoms with E-state index in [4.69, 9.17) is 5.11 Å². The number of nitrogens with zero attached hydrogens (tertiary/aromatic N) is 3. The molecular formula is C13H16N4O4. The molecule has 1 aromatic rings. The standard InChI is InChI=1S/C13H16N4O4/c18-13(19)7-12(17(20)21)11-3-6-16(9-15-11)8-10-1-4-14-5-2-10/h1-2,4-5,7,11,15H,3,6,8-9H2,(H,18,19). The van der Waals surface area contributed by atoms with Crippen LogP contribution < -0.4 is 5.32 Å². The highest BCUT2D eigenvalue weighted by Crippen LogP contribution is 2.14. The lowest BCUT2D eigenvalue weighted by Gasteiger charge is -2.31. The highest BCUT2D eigenvalue weighted by Gasteiger charge is 2.29. The van der Waals surface area contributed by atoms with E-state index in [1.165, 1.54) is 0 Å². The summed E-state index contributed by atoms with van der Waals surface area (Å²) in [6.07, 6.45) is 4.59. The van der Waals surface area contributed by atoms with Crippen molar-refractivity contribution < 1.29 is 14.8 Å². The largest absolute Gasteiger partial charge is 0.478 e. The molecule has 8 nitrogen and oxygen atoms in total. The SMILES string of the molecule is O=C(O)C=C(C1CCN(Cc2ccncc2)CN1)[N+](=O)[O-]. The molecule has 112 valence electrons. The molecule has 0 saturated carbocycles. The minimum atomic E-state index is -1.30. The number of nitro groups is 1. The smallest absolute Gasteiger partial charge is 0.334 e. The molecule has 0 radical (unpaired) electrons. The Kier molecular flexibility index (Phi) is 4.96. The van der Waals surface area contributed by atoms with Gasteiger partial charge in [0.1, 0.15) is 6.04 Å². The average Bonchev–Trinajstić information content (AvgIpc) is 2.46. The van der Waals surface area contributed by atoms with Crippen LogP contribution in [0.3, 0.4) is 0 Å². The van der Waals surface area contributed by atoms with Crippen molar-refractivity contribution in [2.45, 2.75) is 19.0 Å². The summed E-state index contributed by atoms with van der Waals surface area (Å²) in [6.45, 7) is 1.85. The molecule has 2 heterocycles. The van der Waals surface area contributed by atoms with Crippen molar-refractivity contribution >= 4 is 5.97 Å². The first kappa shape index (κ1) is 15.1.